The second-order valence-corrected chi connectivity index (χ2v) is 8.83. The molecule has 0 aliphatic heterocycles. The molecule has 0 aliphatic rings. The highest BCUT2D eigenvalue weighted by atomic mass is 32.2. The van der Waals surface area contributed by atoms with Gasteiger partial charge in [0.15, 0.2) is 0 Å². The van der Waals surface area contributed by atoms with Crippen molar-refractivity contribution in [2.75, 3.05) is 5.75 Å². The van der Waals surface area contributed by atoms with Crippen LogP contribution in [-0.4, -0.2) is 45.1 Å². The third kappa shape index (κ3) is 6.68. The van der Waals surface area contributed by atoms with Crippen molar-refractivity contribution in [3.63, 3.8) is 0 Å². The minimum atomic E-state index is -1.53. The van der Waals surface area contributed by atoms with Gasteiger partial charge in [0.1, 0.15) is 6.10 Å². The number of nitrogens with zero attached hydrogens (tertiary/aromatic N) is 1. The Hall–Kier alpha value is -2.19. The Labute approximate surface area is 176 Å². The van der Waals surface area contributed by atoms with E-state index in [-0.39, 0.29) is 0 Å². The van der Waals surface area contributed by atoms with Gasteiger partial charge in [-0.15, -0.1) is 0 Å². The molecule has 0 spiro atoms. The van der Waals surface area contributed by atoms with Gasteiger partial charge in [-0.25, -0.2) is 10.9 Å². The summed E-state index contributed by atoms with van der Waals surface area (Å²) in [6.07, 6.45) is -0.556. The molecule has 0 saturated heterocycles. The molecule has 1 unspecified atom stereocenters. The van der Waals surface area contributed by atoms with Crippen LogP contribution in [0.5, 0.6) is 0 Å². The molecule has 2 amide bonds. The minimum absolute atomic E-state index is 0.323. The molecule has 2 aromatic carbocycles. The molecular weight excluding hydrogens is 386 g/mol. The van der Waals surface area contributed by atoms with Crippen molar-refractivity contribution in [2.24, 2.45) is 11.6 Å². The van der Waals surface area contributed by atoms with E-state index in [1.807, 2.05) is 42.5 Å². The Morgan fingerprint density at radius 2 is 1.69 bits per heavy atom. The molecule has 2 atom stereocenters. The van der Waals surface area contributed by atoms with Gasteiger partial charge in [0.2, 0.25) is 0 Å². The van der Waals surface area contributed by atoms with E-state index in [0.717, 1.165) is 11.1 Å². The maximum Gasteiger partial charge on any atom is 0.275 e. The highest BCUT2D eigenvalue weighted by molar-refractivity contribution is 7.99. The van der Waals surface area contributed by atoms with Crippen molar-refractivity contribution < 1.29 is 14.7 Å². The number of thioether (sulfide) groups is 1. The highest BCUT2D eigenvalue weighted by Gasteiger charge is 2.31. The zero-order valence-electron chi connectivity index (χ0n) is 16.8. The van der Waals surface area contributed by atoms with Crippen molar-refractivity contribution >= 4 is 23.6 Å². The molecule has 7 heteroatoms. The molecular formula is C22H29N3O3S. The molecule has 0 saturated carbocycles. The number of carbonyl (C=O) groups excluding carboxylic acids is 2. The van der Waals surface area contributed by atoms with Crippen molar-refractivity contribution in [2.45, 2.75) is 44.1 Å². The average Bonchev–Trinajstić information content (AvgIpc) is 2.72. The van der Waals surface area contributed by atoms with Crippen molar-refractivity contribution in [3.8, 4) is 0 Å². The molecule has 2 aromatic rings. The lowest BCUT2D eigenvalue weighted by molar-refractivity contribution is -0.138. The van der Waals surface area contributed by atoms with Crippen LogP contribution in [0.1, 0.15) is 41.8 Å². The van der Waals surface area contributed by atoms with E-state index >= 15 is 0 Å². The lowest BCUT2D eigenvalue weighted by Crippen LogP contribution is -2.53. The van der Waals surface area contributed by atoms with Gasteiger partial charge in [0.25, 0.3) is 11.8 Å². The average molecular weight is 416 g/mol. The fourth-order valence-corrected chi connectivity index (χ4v) is 3.73. The van der Waals surface area contributed by atoms with E-state index in [2.05, 4.69) is 13.8 Å². The summed E-state index contributed by atoms with van der Waals surface area (Å²) in [6.45, 7) is 4.12. The number of amides is 2. The van der Waals surface area contributed by atoms with Gasteiger partial charge in [-0.05, 0) is 41.0 Å². The predicted molar refractivity (Wildman–Crippen MR) is 117 cm³/mol. The quantitative estimate of drug-likeness (QED) is 0.329. The maximum absolute atomic E-state index is 12.9. The summed E-state index contributed by atoms with van der Waals surface area (Å²) in [7, 11) is 0. The van der Waals surface area contributed by atoms with Crippen molar-refractivity contribution in [1.82, 2.24) is 5.01 Å². The standard InChI is InChI=1S/C22H29N3O3S/c1-15(2)29-13-12-19(23)20(26)22(28)25(24)21(27)18-11-7-6-10-17(18)14-16-8-4-3-5-9-16/h3-11,15,19-20,26H,12-14,23-24H2,1-2H3/t19-,20?/m1/s1. The van der Waals surface area contributed by atoms with Crippen molar-refractivity contribution in [1.29, 1.82) is 0 Å². The number of aliphatic hydroxyl groups is 1. The van der Waals surface area contributed by atoms with E-state index in [0.29, 0.717) is 34.4 Å². The fourth-order valence-electron chi connectivity index (χ4n) is 2.85. The molecule has 6 nitrogen and oxygen atoms in total. The molecule has 0 fully saturated rings. The fraction of sp³-hybridized carbons (Fsp3) is 0.364. The zero-order valence-corrected chi connectivity index (χ0v) is 17.6. The maximum atomic E-state index is 12.9. The Bertz CT molecular complexity index is 814. The van der Waals surface area contributed by atoms with Gasteiger partial charge < -0.3 is 10.8 Å². The molecule has 2 rings (SSSR count). The largest absolute Gasteiger partial charge is 0.382 e. The zero-order chi connectivity index (χ0) is 21.4. The SMILES string of the molecule is CC(C)SCC[C@@H](N)C(O)C(=O)N(N)C(=O)c1ccccc1Cc1ccccc1. The number of imide groups is 1. The second-order valence-electron chi connectivity index (χ2n) is 7.15. The van der Waals surface area contributed by atoms with Gasteiger partial charge in [0, 0.05) is 11.6 Å². The van der Waals surface area contributed by atoms with E-state index in [1.54, 1.807) is 23.9 Å². The summed E-state index contributed by atoms with van der Waals surface area (Å²) in [5, 5.41) is 11.2. The smallest absolute Gasteiger partial charge is 0.275 e. The van der Waals surface area contributed by atoms with Gasteiger partial charge in [-0.2, -0.15) is 11.8 Å². The number of nitrogens with two attached hydrogens (primary N) is 2. The van der Waals surface area contributed by atoms with Crippen LogP contribution in [0.2, 0.25) is 0 Å². The lowest BCUT2D eigenvalue weighted by atomic mass is 9.99. The minimum Gasteiger partial charge on any atom is -0.382 e. The number of carbonyl (C=O) groups is 2. The number of benzene rings is 2. The van der Waals surface area contributed by atoms with Crippen LogP contribution < -0.4 is 11.6 Å². The van der Waals surface area contributed by atoms with Crippen LogP contribution in [0, 0.1) is 0 Å². The Kier molecular flexibility index (Phi) is 8.85. The first-order valence-corrected chi connectivity index (χ1v) is 10.7. The number of hydrazine groups is 1. The third-order valence-corrected chi connectivity index (χ3v) is 5.64. The van der Waals surface area contributed by atoms with Gasteiger partial charge >= 0.3 is 0 Å². The Morgan fingerprint density at radius 3 is 2.34 bits per heavy atom. The number of hydrogen-bond donors (Lipinski definition) is 3. The van der Waals surface area contributed by atoms with Crippen LogP contribution in [-0.2, 0) is 11.2 Å². The van der Waals surface area contributed by atoms with Crippen LogP contribution >= 0.6 is 11.8 Å². The monoisotopic (exact) mass is 415 g/mol. The van der Waals surface area contributed by atoms with E-state index < -0.39 is 24.0 Å². The number of hydrogen-bond acceptors (Lipinski definition) is 6. The molecule has 0 heterocycles. The lowest BCUT2D eigenvalue weighted by Gasteiger charge is -2.23. The van der Waals surface area contributed by atoms with E-state index in [1.165, 1.54) is 0 Å². The first kappa shape index (κ1) is 23.1. The summed E-state index contributed by atoms with van der Waals surface area (Å²) in [4.78, 5) is 25.4. The molecule has 156 valence electrons. The summed E-state index contributed by atoms with van der Waals surface area (Å²) in [6, 6.07) is 15.9. The topological polar surface area (TPSA) is 110 Å². The normalized spacial score (nSPS) is 13.2. The molecule has 5 N–H and O–H groups in total. The number of rotatable bonds is 9. The summed E-state index contributed by atoms with van der Waals surface area (Å²) in [5.41, 5.74) is 8.04. The first-order chi connectivity index (χ1) is 13.8. The Balaban J connectivity index is 2.08. The summed E-state index contributed by atoms with van der Waals surface area (Å²) in [5.74, 6) is 4.93. The van der Waals surface area contributed by atoms with Crippen LogP contribution in [0.3, 0.4) is 0 Å². The third-order valence-electron chi connectivity index (χ3n) is 4.50. The molecule has 29 heavy (non-hydrogen) atoms. The van der Waals surface area contributed by atoms with E-state index in [9.17, 15) is 14.7 Å². The van der Waals surface area contributed by atoms with E-state index in [4.69, 9.17) is 11.6 Å². The van der Waals surface area contributed by atoms with Gasteiger partial charge in [0.05, 0.1) is 0 Å². The molecule has 0 radical (unpaired) electrons. The first-order valence-electron chi connectivity index (χ1n) is 9.61. The van der Waals surface area contributed by atoms with Gasteiger partial charge in [-0.1, -0.05) is 62.4 Å². The van der Waals surface area contributed by atoms with Gasteiger partial charge in [-0.3, -0.25) is 9.59 Å². The number of aliphatic hydroxyl groups excluding tert-OH is 1. The van der Waals surface area contributed by atoms with Crippen LogP contribution in [0.4, 0.5) is 0 Å². The molecule has 0 bridgehead atoms. The second kappa shape index (κ2) is 11.1. The highest BCUT2D eigenvalue weighted by Crippen LogP contribution is 2.17. The summed E-state index contributed by atoms with van der Waals surface area (Å²) < 4.78 is 0. The predicted octanol–water partition coefficient (Wildman–Crippen LogP) is 2.34. The molecule has 0 aliphatic carbocycles. The van der Waals surface area contributed by atoms with Crippen molar-refractivity contribution in [3.05, 3.63) is 71.3 Å². The van der Waals surface area contributed by atoms with Crippen LogP contribution in [0.25, 0.3) is 0 Å². The summed E-state index contributed by atoms with van der Waals surface area (Å²) >= 11 is 1.69. The Morgan fingerprint density at radius 1 is 1.07 bits per heavy atom. The van der Waals surface area contributed by atoms with Crippen LogP contribution in [0.15, 0.2) is 54.6 Å². The molecule has 0 aromatic heterocycles.